The van der Waals surface area contributed by atoms with E-state index in [2.05, 4.69) is 9.97 Å². The molecule has 0 bridgehead atoms. The van der Waals surface area contributed by atoms with Crippen LogP contribution in [0.1, 0.15) is 28.7 Å². The van der Waals surface area contributed by atoms with Gasteiger partial charge in [-0.05, 0) is 44.2 Å². The van der Waals surface area contributed by atoms with Gasteiger partial charge < -0.3 is 14.2 Å². The molecule has 0 aliphatic heterocycles. The first-order chi connectivity index (χ1) is 16.1. The van der Waals surface area contributed by atoms with Gasteiger partial charge in [0.1, 0.15) is 11.6 Å². The van der Waals surface area contributed by atoms with Crippen LogP contribution in [-0.2, 0) is 11.3 Å². The second kappa shape index (κ2) is 10.3. The lowest BCUT2D eigenvalue weighted by Gasteiger charge is -2.10. The van der Waals surface area contributed by atoms with E-state index < -0.39 is 5.97 Å². The predicted octanol–water partition coefficient (Wildman–Crippen LogP) is 5.94. The molecule has 4 aromatic rings. The molecule has 0 fully saturated rings. The lowest BCUT2D eigenvalue weighted by molar-refractivity contribution is 0.0467. The number of methoxy groups -OCH3 is 1. The Kier molecular flexibility index (Phi) is 7.00. The van der Waals surface area contributed by atoms with Crippen molar-refractivity contribution in [2.75, 3.05) is 13.7 Å². The fourth-order valence-electron chi connectivity index (χ4n) is 3.34. The maximum absolute atomic E-state index is 12.6. The summed E-state index contributed by atoms with van der Waals surface area (Å²) in [5.41, 5.74) is 4.49. The number of aryl methyl sites for hydroxylation is 1. The third-order valence-electron chi connectivity index (χ3n) is 4.99. The Morgan fingerprint density at radius 2 is 1.79 bits per heavy atom. The van der Waals surface area contributed by atoms with Crippen molar-refractivity contribution in [3.8, 4) is 33.3 Å². The van der Waals surface area contributed by atoms with Crippen LogP contribution in [0.15, 0.2) is 66.0 Å². The average molecular weight is 461 g/mol. The van der Waals surface area contributed by atoms with Crippen molar-refractivity contribution in [2.45, 2.75) is 20.5 Å². The number of carbonyl (C=O) groups is 1. The zero-order valence-electron chi connectivity index (χ0n) is 18.7. The molecular weight excluding hydrogens is 436 g/mol. The van der Waals surface area contributed by atoms with E-state index in [9.17, 15) is 4.79 Å². The van der Waals surface area contributed by atoms with E-state index in [1.807, 2.05) is 73.8 Å². The van der Waals surface area contributed by atoms with E-state index >= 15 is 0 Å². The highest BCUT2D eigenvalue weighted by Gasteiger charge is 2.15. The number of pyridine rings is 1. The molecule has 33 heavy (non-hydrogen) atoms. The summed E-state index contributed by atoms with van der Waals surface area (Å²) in [6, 6.07) is 19.1. The third kappa shape index (κ3) is 5.21. The summed E-state index contributed by atoms with van der Waals surface area (Å²) < 4.78 is 16.5. The van der Waals surface area contributed by atoms with Gasteiger partial charge in [0.2, 0.25) is 0 Å². The Morgan fingerprint density at radius 3 is 2.52 bits per heavy atom. The Labute approximate surface area is 196 Å². The van der Waals surface area contributed by atoms with Crippen molar-refractivity contribution >= 4 is 17.3 Å². The Balaban J connectivity index is 1.43. The fraction of sp³-hybridized carbons (Fsp3) is 0.192. The quantitative estimate of drug-likeness (QED) is 0.303. The van der Waals surface area contributed by atoms with Crippen molar-refractivity contribution in [3.05, 3.63) is 83.0 Å². The lowest BCUT2D eigenvalue weighted by Crippen LogP contribution is -2.08. The normalized spacial score (nSPS) is 10.6. The Morgan fingerprint density at radius 1 is 0.970 bits per heavy atom. The molecule has 168 valence electrons. The SMILES string of the molecule is CCOc1ccc(-c2nc(COC(=O)c3ccc(-c4ccccc4)nc3C)cs2)cc1OC. The van der Waals surface area contributed by atoms with Gasteiger partial charge in [0.15, 0.2) is 11.5 Å². The van der Waals surface area contributed by atoms with Crippen molar-refractivity contribution < 1.29 is 19.0 Å². The summed E-state index contributed by atoms with van der Waals surface area (Å²) in [5.74, 6) is 0.924. The highest BCUT2D eigenvalue weighted by Crippen LogP contribution is 2.34. The van der Waals surface area contributed by atoms with E-state index in [1.165, 1.54) is 11.3 Å². The maximum Gasteiger partial charge on any atom is 0.340 e. The number of esters is 1. The van der Waals surface area contributed by atoms with Gasteiger partial charge in [-0.25, -0.2) is 9.78 Å². The molecule has 2 aromatic heterocycles. The molecule has 4 rings (SSSR count). The van der Waals surface area contributed by atoms with Crippen LogP contribution in [0.4, 0.5) is 0 Å². The zero-order chi connectivity index (χ0) is 23.2. The smallest absolute Gasteiger partial charge is 0.340 e. The van der Waals surface area contributed by atoms with E-state index in [0.717, 1.165) is 21.8 Å². The fourth-order valence-corrected chi connectivity index (χ4v) is 4.15. The molecule has 0 amide bonds. The number of rotatable bonds is 8. The number of thiazole rings is 1. The monoisotopic (exact) mass is 460 g/mol. The van der Waals surface area contributed by atoms with Gasteiger partial charge in [-0.1, -0.05) is 30.3 Å². The summed E-state index contributed by atoms with van der Waals surface area (Å²) in [6.07, 6.45) is 0. The average Bonchev–Trinajstić information content (AvgIpc) is 3.32. The van der Waals surface area contributed by atoms with Crippen LogP contribution in [0.2, 0.25) is 0 Å². The molecule has 2 aromatic carbocycles. The summed E-state index contributed by atoms with van der Waals surface area (Å²) in [5, 5.41) is 2.70. The Hall–Kier alpha value is -3.71. The van der Waals surface area contributed by atoms with Gasteiger partial charge >= 0.3 is 5.97 Å². The highest BCUT2D eigenvalue weighted by atomic mass is 32.1. The van der Waals surface area contributed by atoms with Gasteiger partial charge in [0.05, 0.1) is 36.4 Å². The maximum atomic E-state index is 12.6. The minimum Gasteiger partial charge on any atom is -0.493 e. The van der Waals surface area contributed by atoms with Gasteiger partial charge in [0.25, 0.3) is 0 Å². The van der Waals surface area contributed by atoms with Gasteiger partial charge in [0, 0.05) is 16.5 Å². The molecule has 0 atom stereocenters. The molecular formula is C26H24N2O4S. The van der Waals surface area contributed by atoms with Crippen LogP contribution in [0.5, 0.6) is 11.5 Å². The molecule has 7 heteroatoms. The molecule has 2 heterocycles. The number of nitrogens with zero attached hydrogens (tertiary/aromatic N) is 2. The largest absolute Gasteiger partial charge is 0.493 e. The molecule has 0 saturated carbocycles. The van der Waals surface area contributed by atoms with Gasteiger partial charge in [-0.15, -0.1) is 11.3 Å². The highest BCUT2D eigenvalue weighted by molar-refractivity contribution is 7.13. The van der Waals surface area contributed by atoms with Crippen LogP contribution in [0.3, 0.4) is 0 Å². The van der Waals surface area contributed by atoms with E-state index in [-0.39, 0.29) is 6.61 Å². The number of benzene rings is 2. The molecule has 0 saturated heterocycles. The van der Waals surface area contributed by atoms with Crippen LogP contribution in [0, 0.1) is 6.92 Å². The molecule has 0 aliphatic rings. The number of hydrogen-bond acceptors (Lipinski definition) is 7. The molecule has 0 radical (unpaired) electrons. The molecule has 0 N–H and O–H groups in total. The summed E-state index contributed by atoms with van der Waals surface area (Å²) in [4.78, 5) is 21.8. The zero-order valence-corrected chi connectivity index (χ0v) is 19.5. The number of aromatic nitrogens is 2. The molecule has 0 spiro atoms. The van der Waals surface area contributed by atoms with Crippen LogP contribution in [0.25, 0.3) is 21.8 Å². The van der Waals surface area contributed by atoms with Crippen LogP contribution >= 0.6 is 11.3 Å². The van der Waals surface area contributed by atoms with Crippen molar-refractivity contribution in [1.29, 1.82) is 0 Å². The topological polar surface area (TPSA) is 70.5 Å². The predicted molar refractivity (Wildman–Crippen MR) is 129 cm³/mol. The first kappa shape index (κ1) is 22.5. The van der Waals surface area contributed by atoms with Crippen molar-refractivity contribution in [3.63, 3.8) is 0 Å². The standard InChI is InChI=1S/C26H24N2O4S/c1-4-31-23-13-10-19(14-24(23)30-3)25-28-20(16-33-25)15-32-26(29)21-11-12-22(27-17(21)2)18-8-6-5-7-9-18/h5-14,16H,4,15H2,1-3H3. The number of ether oxygens (including phenoxy) is 3. The number of carbonyl (C=O) groups excluding carboxylic acids is 1. The molecule has 0 unspecified atom stereocenters. The molecule has 6 nitrogen and oxygen atoms in total. The van der Waals surface area contributed by atoms with Crippen molar-refractivity contribution in [1.82, 2.24) is 9.97 Å². The molecule has 0 aliphatic carbocycles. The second-order valence-corrected chi connectivity index (χ2v) is 8.07. The summed E-state index contributed by atoms with van der Waals surface area (Å²) in [6.45, 7) is 4.38. The third-order valence-corrected chi connectivity index (χ3v) is 5.93. The van der Waals surface area contributed by atoms with Gasteiger partial charge in [-0.2, -0.15) is 0 Å². The first-order valence-electron chi connectivity index (χ1n) is 10.5. The second-order valence-electron chi connectivity index (χ2n) is 7.21. The summed E-state index contributed by atoms with van der Waals surface area (Å²) in [7, 11) is 1.61. The van der Waals surface area contributed by atoms with E-state index in [4.69, 9.17) is 14.2 Å². The van der Waals surface area contributed by atoms with Crippen LogP contribution in [-0.4, -0.2) is 29.7 Å². The Bertz CT molecular complexity index is 1250. The van der Waals surface area contributed by atoms with E-state index in [0.29, 0.717) is 35.1 Å². The lowest BCUT2D eigenvalue weighted by atomic mass is 10.1. The van der Waals surface area contributed by atoms with Crippen molar-refractivity contribution in [2.24, 2.45) is 0 Å². The van der Waals surface area contributed by atoms with Crippen LogP contribution < -0.4 is 9.47 Å². The van der Waals surface area contributed by atoms with Gasteiger partial charge in [-0.3, -0.25) is 4.98 Å². The summed E-state index contributed by atoms with van der Waals surface area (Å²) >= 11 is 1.48. The minimum atomic E-state index is -0.420. The first-order valence-corrected chi connectivity index (χ1v) is 11.4. The minimum absolute atomic E-state index is 0.0867. The van der Waals surface area contributed by atoms with E-state index in [1.54, 1.807) is 13.2 Å². The number of hydrogen-bond donors (Lipinski definition) is 0.